The third-order valence-electron chi connectivity index (χ3n) is 1.71. The molecule has 0 aliphatic rings. The number of thiol groups is 1. The van der Waals surface area contributed by atoms with Crippen LogP contribution in [0.1, 0.15) is 20.8 Å². The molecule has 0 aromatic carbocycles. The van der Waals surface area contributed by atoms with Crippen LogP contribution in [0.5, 0.6) is 0 Å². The number of nitrogens with zero attached hydrogens (tertiary/aromatic N) is 1. The number of carbonyl (C=O) groups excluding carboxylic acids is 1. The van der Waals surface area contributed by atoms with Crippen molar-refractivity contribution in [1.82, 2.24) is 9.62 Å². The van der Waals surface area contributed by atoms with Crippen LogP contribution in [-0.2, 0) is 15.6 Å². The molecule has 92 valence electrons. The third-order valence-corrected chi connectivity index (χ3v) is 2.07. The molecule has 1 N–H and O–H groups in total. The highest BCUT2D eigenvalue weighted by molar-refractivity contribution is 7.70. The zero-order valence-electron chi connectivity index (χ0n) is 9.65. The van der Waals surface area contributed by atoms with Crippen molar-refractivity contribution in [1.29, 1.82) is 0 Å². The van der Waals surface area contributed by atoms with Crippen LogP contribution in [0.3, 0.4) is 0 Å². The molecule has 0 bridgehead atoms. The number of carbonyl (C=O) groups is 1. The molecule has 1 amide bonds. The fourth-order valence-corrected chi connectivity index (χ4v) is 1.03. The predicted molar refractivity (Wildman–Crippen MR) is 59.3 cm³/mol. The summed E-state index contributed by atoms with van der Waals surface area (Å²) < 4.78 is 24.6. The first-order valence-electron chi connectivity index (χ1n) is 4.73. The fourth-order valence-electron chi connectivity index (χ4n) is 0.791. The maximum Gasteiger partial charge on any atom is 0.420 e. The Morgan fingerprint density at radius 2 is 1.60 bits per heavy atom. The average Bonchev–Trinajstić information content (AvgIpc) is 2.20. The van der Waals surface area contributed by atoms with Crippen molar-refractivity contribution in [2.45, 2.75) is 20.8 Å². The highest BCUT2D eigenvalue weighted by Gasteiger charge is 1.94. The lowest BCUT2D eigenvalue weighted by molar-refractivity contribution is 0.178. The first kappa shape index (κ1) is 16.6. The second-order valence-electron chi connectivity index (χ2n) is 2.48. The molecule has 0 atom stereocenters. The Morgan fingerprint density at radius 3 is 1.67 bits per heavy atom. The van der Waals surface area contributed by atoms with Gasteiger partial charge in [-0.1, -0.05) is 20.8 Å². The molecule has 0 spiro atoms. The van der Waals surface area contributed by atoms with Gasteiger partial charge < -0.3 is 9.64 Å². The largest absolute Gasteiger partial charge is 0.452 e. The summed E-state index contributed by atoms with van der Waals surface area (Å²) in [6, 6.07) is 0. The number of amides is 1. The van der Waals surface area contributed by atoms with Crippen LogP contribution in [0, 0.1) is 0 Å². The van der Waals surface area contributed by atoms with Gasteiger partial charge in [-0.05, 0) is 19.6 Å². The summed E-state index contributed by atoms with van der Waals surface area (Å²) in [5, 5.41) is 0. The predicted octanol–water partition coefficient (Wildman–Crippen LogP) is 0.217. The van der Waals surface area contributed by atoms with E-state index in [1.165, 1.54) is 24.4 Å². The van der Waals surface area contributed by atoms with E-state index in [-0.39, 0.29) is 0 Å². The van der Waals surface area contributed by atoms with Crippen molar-refractivity contribution in [2.24, 2.45) is 0 Å². The molecule has 0 aromatic heterocycles. The molecule has 0 heterocycles. The van der Waals surface area contributed by atoms with Crippen LogP contribution in [0.4, 0.5) is 4.79 Å². The van der Waals surface area contributed by atoms with Crippen LogP contribution < -0.4 is 4.72 Å². The van der Waals surface area contributed by atoms with E-state index in [1.807, 2.05) is 0 Å². The van der Waals surface area contributed by atoms with E-state index in [0.29, 0.717) is 0 Å². The van der Waals surface area contributed by atoms with Gasteiger partial charge in [0, 0.05) is 0 Å². The summed E-state index contributed by atoms with van der Waals surface area (Å²) >= 11 is 0. The van der Waals surface area contributed by atoms with E-state index in [4.69, 9.17) is 0 Å². The van der Waals surface area contributed by atoms with E-state index < -0.39 is 17.0 Å². The van der Waals surface area contributed by atoms with Gasteiger partial charge in [0.1, 0.15) is 0 Å². The maximum absolute atomic E-state index is 9.91. The first-order valence-corrected chi connectivity index (χ1v) is 5.90. The van der Waals surface area contributed by atoms with E-state index in [1.54, 1.807) is 0 Å². The first-order chi connectivity index (χ1) is 7.01. The van der Waals surface area contributed by atoms with Gasteiger partial charge in [0.05, 0.1) is 7.11 Å². The van der Waals surface area contributed by atoms with Gasteiger partial charge in [-0.3, -0.25) is 0 Å². The van der Waals surface area contributed by atoms with Crippen molar-refractivity contribution in [3.05, 3.63) is 0 Å². The van der Waals surface area contributed by atoms with Crippen LogP contribution in [0.25, 0.3) is 0 Å². The summed E-state index contributed by atoms with van der Waals surface area (Å²) in [7, 11) is -1.79. The molecule has 0 radical (unpaired) electrons. The molecule has 0 saturated heterocycles. The Kier molecular flexibility index (Phi) is 12.5. The van der Waals surface area contributed by atoms with Crippen molar-refractivity contribution in [3.8, 4) is 0 Å². The minimum absolute atomic E-state index is 0.971. The molecule has 0 rings (SSSR count). The van der Waals surface area contributed by atoms with Gasteiger partial charge >= 0.3 is 6.09 Å². The SMILES string of the molecule is CCN(CC)CC.COC(=O)N[SH](=O)=O. The lowest BCUT2D eigenvalue weighted by Crippen LogP contribution is -2.21. The van der Waals surface area contributed by atoms with Crippen LogP contribution >= 0.6 is 0 Å². The Morgan fingerprint density at radius 1 is 1.20 bits per heavy atom. The minimum atomic E-state index is -2.87. The summed E-state index contributed by atoms with van der Waals surface area (Å²) in [6.07, 6.45) is -0.971. The molecule has 0 aliphatic heterocycles. The Bertz CT molecular complexity index is 213. The molecule has 7 heteroatoms. The zero-order chi connectivity index (χ0) is 12.3. The standard InChI is InChI=1S/C6H15N.C2H5NO4S/c1-4-7(5-2)6-3;1-7-2(4)3-8(5)6/h4-6H2,1-3H3;8H,1H3,(H,3,4,5,6). The van der Waals surface area contributed by atoms with E-state index in [0.717, 1.165) is 7.11 Å². The normalized spacial score (nSPS) is 9.47. The smallest absolute Gasteiger partial charge is 0.420 e. The van der Waals surface area contributed by atoms with Crippen LogP contribution in [0.2, 0.25) is 0 Å². The topological polar surface area (TPSA) is 75.7 Å². The van der Waals surface area contributed by atoms with Crippen molar-refractivity contribution < 1.29 is 17.9 Å². The second-order valence-corrected chi connectivity index (χ2v) is 3.22. The molecule has 0 aromatic rings. The third kappa shape index (κ3) is 13.2. The van der Waals surface area contributed by atoms with Gasteiger partial charge in [-0.25, -0.2) is 17.9 Å². The number of methoxy groups -OCH3 is 1. The lowest BCUT2D eigenvalue weighted by Gasteiger charge is -2.13. The van der Waals surface area contributed by atoms with E-state index in [9.17, 15) is 13.2 Å². The van der Waals surface area contributed by atoms with Gasteiger partial charge in [0.15, 0.2) is 0 Å². The highest BCUT2D eigenvalue weighted by Crippen LogP contribution is 1.81. The minimum Gasteiger partial charge on any atom is -0.452 e. The van der Waals surface area contributed by atoms with Crippen LogP contribution in [-0.4, -0.2) is 46.2 Å². The molecular formula is C8H20N2O4S. The summed E-state index contributed by atoms with van der Waals surface area (Å²) in [4.78, 5) is 12.3. The number of hydrogen-bond donors (Lipinski definition) is 2. The van der Waals surface area contributed by atoms with Crippen molar-refractivity contribution in [3.63, 3.8) is 0 Å². The molecule has 6 nitrogen and oxygen atoms in total. The van der Waals surface area contributed by atoms with Gasteiger partial charge in [-0.15, -0.1) is 0 Å². The molecular weight excluding hydrogens is 220 g/mol. The Labute approximate surface area is 92.7 Å². The van der Waals surface area contributed by atoms with Crippen molar-refractivity contribution in [2.75, 3.05) is 26.7 Å². The van der Waals surface area contributed by atoms with E-state index in [2.05, 4.69) is 30.4 Å². The Balaban J connectivity index is 0. The summed E-state index contributed by atoms with van der Waals surface area (Å²) in [5.41, 5.74) is 0. The molecule has 0 aliphatic carbocycles. The zero-order valence-corrected chi connectivity index (χ0v) is 10.5. The van der Waals surface area contributed by atoms with Gasteiger partial charge in [0.25, 0.3) is 0 Å². The second kappa shape index (κ2) is 11.3. The fraction of sp³-hybridized carbons (Fsp3) is 0.875. The molecule has 0 fully saturated rings. The monoisotopic (exact) mass is 240 g/mol. The average molecular weight is 240 g/mol. The van der Waals surface area contributed by atoms with Gasteiger partial charge in [0.2, 0.25) is 10.9 Å². The number of hydrogen-bond acceptors (Lipinski definition) is 5. The lowest BCUT2D eigenvalue weighted by atomic mass is 10.5. The molecule has 0 unspecified atom stereocenters. The van der Waals surface area contributed by atoms with Crippen LogP contribution in [0.15, 0.2) is 0 Å². The molecule has 15 heavy (non-hydrogen) atoms. The van der Waals surface area contributed by atoms with Crippen molar-refractivity contribution >= 4 is 17.0 Å². The quantitative estimate of drug-likeness (QED) is 0.687. The maximum atomic E-state index is 9.91. The molecule has 0 saturated carbocycles. The summed E-state index contributed by atoms with van der Waals surface area (Å²) in [5.74, 6) is 0. The Hall–Kier alpha value is -0.820. The highest BCUT2D eigenvalue weighted by atomic mass is 32.2. The van der Waals surface area contributed by atoms with E-state index >= 15 is 0 Å². The number of ether oxygens (including phenoxy) is 1. The number of rotatable bonds is 4. The summed E-state index contributed by atoms with van der Waals surface area (Å²) in [6.45, 7) is 10.1. The number of nitrogens with one attached hydrogen (secondary N) is 1. The van der Waals surface area contributed by atoms with Gasteiger partial charge in [-0.2, -0.15) is 0 Å².